The summed E-state index contributed by atoms with van der Waals surface area (Å²) in [6.07, 6.45) is 1.11. The van der Waals surface area contributed by atoms with Crippen LogP contribution in [0.15, 0.2) is 0 Å². The SMILES string of the molecule is CCCC1NC(C2CCCC2)N(CCCC(F)(F)F)C1=O. The van der Waals surface area contributed by atoms with E-state index in [1.54, 1.807) is 4.90 Å². The standard InChI is InChI=1S/C15H25F3N2O/c1-2-6-12-14(21)20(10-5-9-15(16,17)18)13(19-12)11-7-3-4-8-11/h11-13,19H,2-10H2,1H3. The largest absolute Gasteiger partial charge is 0.389 e. The number of nitrogens with zero attached hydrogens (tertiary/aromatic N) is 1. The molecule has 2 fully saturated rings. The molecule has 1 heterocycles. The van der Waals surface area contributed by atoms with Gasteiger partial charge in [-0.3, -0.25) is 10.1 Å². The molecule has 1 saturated carbocycles. The predicted molar refractivity (Wildman–Crippen MR) is 74.6 cm³/mol. The normalized spacial score (nSPS) is 27.8. The van der Waals surface area contributed by atoms with Gasteiger partial charge >= 0.3 is 6.18 Å². The molecule has 2 unspecified atom stereocenters. The quantitative estimate of drug-likeness (QED) is 0.815. The molecule has 2 atom stereocenters. The lowest BCUT2D eigenvalue weighted by Gasteiger charge is -2.29. The Labute approximate surface area is 124 Å². The summed E-state index contributed by atoms with van der Waals surface area (Å²) in [4.78, 5) is 14.1. The minimum absolute atomic E-state index is 0.00101. The number of carbonyl (C=O) groups is 1. The zero-order valence-corrected chi connectivity index (χ0v) is 12.6. The Kier molecular flexibility index (Phi) is 5.52. The zero-order chi connectivity index (χ0) is 15.5. The molecular weight excluding hydrogens is 281 g/mol. The molecule has 0 aromatic carbocycles. The van der Waals surface area contributed by atoms with E-state index in [1.807, 2.05) is 6.92 Å². The number of amides is 1. The van der Waals surface area contributed by atoms with E-state index in [0.717, 1.165) is 38.5 Å². The van der Waals surface area contributed by atoms with Crippen molar-refractivity contribution in [3.05, 3.63) is 0 Å². The van der Waals surface area contributed by atoms with Crippen LogP contribution in [0.4, 0.5) is 13.2 Å². The van der Waals surface area contributed by atoms with Crippen LogP contribution in [-0.4, -0.2) is 35.7 Å². The number of carbonyl (C=O) groups excluding carboxylic acids is 1. The average Bonchev–Trinajstić information content (AvgIpc) is 3.00. The van der Waals surface area contributed by atoms with Gasteiger partial charge in [0.15, 0.2) is 0 Å². The van der Waals surface area contributed by atoms with Gasteiger partial charge in [0.2, 0.25) is 5.91 Å². The summed E-state index contributed by atoms with van der Waals surface area (Å²) in [6, 6.07) is -0.202. The topological polar surface area (TPSA) is 32.3 Å². The Bertz CT molecular complexity index is 353. The maximum atomic E-state index is 12.4. The highest BCUT2D eigenvalue weighted by atomic mass is 19.4. The second-order valence-corrected chi connectivity index (χ2v) is 6.25. The van der Waals surface area contributed by atoms with Gasteiger partial charge in [0.25, 0.3) is 0 Å². The molecule has 0 aromatic rings. The monoisotopic (exact) mass is 306 g/mol. The van der Waals surface area contributed by atoms with E-state index < -0.39 is 12.6 Å². The molecule has 1 aliphatic heterocycles. The molecule has 1 aliphatic carbocycles. The Morgan fingerprint density at radius 2 is 1.95 bits per heavy atom. The third kappa shape index (κ3) is 4.34. The van der Waals surface area contributed by atoms with Gasteiger partial charge in [-0.2, -0.15) is 13.2 Å². The highest BCUT2D eigenvalue weighted by molar-refractivity contribution is 5.84. The third-order valence-electron chi connectivity index (χ3n) is 4.57. The van der Waals surface area contributed by atoms with Gasteiger partial charge in [-0.05, 0) is 31.6 Å². The maximum absolute atomic E-state index is 12.4. The first kappa shape index (κ1) is 16.6. The van der Waals surface area contributed by atoms with E-state index in [9.17, 15) is 18.0 Å². The number of nitrogens with one attached hydrogen (secondary N) is 1. The number of rotatable bonds is 6. The van der Waals surface area contributed by atoms with Crippen LogP contribution in [0.3, 0.4) is 0 Å². The number of hydrogen-bond acceptors (Lipinski definition) is 2. The van der Waals surface area contributed by atoms with Crippen LogP contribution >= 0.6 is 0 Å². The molecule has 0 spiro atoms. The Balaban J connectivity index is 1.96. The highest BCUT2D eigenvalue weighted by Crippen LogP contribution is 2.33. The molecular formula is C15H25F3N2O. The van der Waals surface area contributed by atoms with Crippen LogP contribution in [0.25, 0.3) is 0 Å². The van der Waals surface area contributed by atoms with Crippen LogP contribution < -0.4 is 5.32 Å². The van der Waals surface area contributed by atoms with Gasteiger partial charge in [-0.25, -0.2) is 0 Å². The van der Waals surface area contributed by atoms with Crippen molar-refractivity contribution < 1.29 is 18.0 Å². The molecule has 2 aliphatic rings. The van der Waals surface area contributed by atoms with E-state index >= 15 is 0 Å². The predicted octanol–water partition coefficient (Wildman–Crippen LogP) is 3.45. The summed E-state index contributed by atoms with van der Waals surface area (Å²) in [5.41, 5.74) is 0. The first-order valence-electron chi connectivity index (χ1n) is 8.05. The van der Waals surface area contributed by atoms with Crippen molar-refractivity contribution >= 4 is 5.91 Å². The summed E-state index contributed by atoms with van der Waals surface area (Å²) < 4.78 is 36.9. The van der Waals surface area contributed by atoms with Crippen molar-refractivity contribution in [3.63, 3.8) is 0 Å². The van der Waals surface area contributed by atoms with Crippen LogP contribution in [0, 0.1) is 5.92 Å². The molecule has 2 rings (SSSR count). The van der Waals surface area contributed by atoms with E-state index in [-0.39, 0.29) is 31.1 Å². The fourth-order valence-electron chi connectivity index (χ4n) is 3.56. The molecule has 0 aromatic heterocycles. The maximum Gasteiger partial charge on any atom is 0.389 e. The van der Waals surface area contributed by atoms with Crippen LogP contribution in [0.1, 0.15) is 58.3 Å². The molecule has 3 nitrogen and oxygen atoms in total. The second kappa shape index (κ2) is 6.99. The first-order valence-corrected chi connectivity index (χ1v) is 8.05. The van der Waals surface area contributed by atoms with Gasteiger partial charge < -0.3 is 4.90 Å². The summed E-state index contributed by atoms with van der Waals surface area (Å²) >= 11 is 0. The third-order valence-corrected chi connectivity index (χ3v) is 4.57. The van der Waals surface area contributed by atoms with Crippen molar-refractivity contribution in [2.75, 3.05) is 6.54 Å². The molecule has 0 bridgehead atoms. The van der Waals surface area contributed by atoms with Crippen LogP contribution in [-0.2, 0) is 4.79 Å². The Morgan fingerprint density at radius 3 is 2.52 bits per heavy atom. The minimum Gasteiger partial charge on any atom is -0.326 e. The molecule has 122 valence electrons. The van der Waals surface area contributed by atoms with E-state index in [1.165, 1.54) is 0 Å². The number of alkyl halides is 3. The van der Waals surface area contributed by atoms with Crippen molar-refractivity contribution in [2.24, 2.45) is 5.92 Å². The summed E-state index contributed by atoms with van der Waals surface area (Å²) in [5, 5.41) is 3.38. The van der Waals surface area contributed by atoms with Crippen LogP contribution in [0.2, 0.25) is 0 Å². The second-order valence-electron chi connectivity index (χ2n) is 6.25. The van der Waals surface area contributed by atoms with Crippen molar-refractivity contribution in [1.82, 2.24) is 10.2 Å². The van der Waals surface area contributed by atoms with E-state index in [4.69, 9.17) is 0 Å². The summed E-state index contributed by atoms with van der Waals surface area (Å²) in [5.74, 6) is 0.401. The fourth-order valence-corrected chi connectivity index (χ4v) is 3.56. The first-order chi connectivity index (χ1) is 9.92. The lowest BCUT2D eigenvalue weighted by Crippen LogP contribution is -2.43. The van der Waals surface area contributed by atoms with Crippen molar-refractivity contribution in [1.29, 1.82) is 0 Å². The molecule has 1 saturated heterocycles. The molecule has 1 amide bonds. The van der Waals surface area contributed by atoms with Gasteiger partial charge in [-0.15, -0.1) is 0 Å². The van der Waals surface area contributed by atoms with Crippen molar-refractivity contribution in [2.45, 2.75) is 76.7 Å². The zero-order valence-electron chi connectivity index (χ0n) is 12.6. The fraction of sp³-hybridized carbons (Fsp3) is 0.933. The van der Waals surface area contributed by atoms with Crippen molar-refractivity contribution in [3.8, 4) is 0 Å². The highest BCUT2D eigenvalue weighted by Gasteiger charge is 2.42. The van der Waals surface area contributed by atoms with E-state index in [2.05, 4.69) is 5.32 Å². The molecule has 0 radical (unpaired) electrons. The van der Waals surface area contributed by atoms with Crippen LogP contribution in [0.5, 0.6) is 0 Å². The van der Waals surface area contributed by atoms with Gasteiger partial charge in [0.05, 0.1) is 12.2 Å². The summed E-state index contributed by atoms with van der Waals surface area (Å²) in [7, 11) is 0. The Hall–Kier alpha value is -0.780. The van der Waals surface area contributed by atoms with E-state index in [0.29, 0.717) is 5.92 Å². The smallest absolute Gasteiger partial charge is 0.326 e. The lowest BCUT2D eigenvalue weighted by molar-refractivity contribution is -0.140. The molecule has 6 heteroatoms. The Morgan fingerprint density at radius 1 is 1.29 bits per heavy atom. The minimum atomic E-state index is -4.14. The molecule has 1 N–H and O–H groups in total. The average molecular weight is 306 g/mol. The lowest BCUT2D eigenvalue weighted by atomic mass is 10.0. The van der Waals surface area contributed by atoms with Gasteiger partial charge in [-0.1, -0.05) is 26.2 Å². The van der Waals surface area contributed by atoms with Gasteiger partial charge in [0, 0.05) is 13.0 Å². The number of hydrogen-bond donors (Lipinski definition) is 1. The molecule has 21 heavy (non-hydrogen) atoms. The summed E-state index contributed by atoms with van der Waals surface area (Å²) in [6.45, 7) is 2.23. The van der Waals surface area contributed by atoms with Gasteiger partial charge in [0.1, 0.15) is 0 Å². The number of halogens is 3.